The van der Waals surface area contributed by atoms with Gasteiger partial charge in [0.25, 0.3) is 0 Å². The van der Waals surface area contributed by atoms with Crippen LogP contribution in [0.25, 0.3) is 0 Å². The van der Waals surface area contributed by atoms with Gasteiger partial charge in [-0.05, 0) is 19.1 Å². The number of ether oxygens (including phenoxy) is 1. The Bertz CT molecular complexity index is 387. The van der Waals surface area contributed by atoms with Gasteiger partial charge in [0.1, 0.15) is 17.7 Å². The fourth-order valence-corrected chi connectivity index (χ4v) is 1.33. The molecule has 1 aromatic rings. The van der Waals surface area contributed by atoms with E-state index in [9.17, 15) is 4.39 Å². The number of halogens is 2. The normalized spacial score (nSPS) is 12.3. The third-order valence-corrected chi connectivity index (χ3v) is 2.15. The average molecular weight is 367 g/mol. The van der Waals surface area contributed by atoms with Gasteiger partial charge < -0.3 is 15.4 Å². The van der Waals surface area contributed by atoms with Crippen molar-refractivity contribution >= 4 is 29.9 Å². The molecule has 2 N–H and O–H groups in total. The number of guanidine groups is 1. The zero-order valence-electron chi connectivity index (χ0n) is 10.7. The molecule has 0 saturated carbocycles. The molecule has 0 bridgehead atoms. The quantitative estimate of drug-likeness (QED) is 0.486. The molecule has 1 atom stereocenters. The highest BCUT2D eigenvalue weighted by atomic mass is 127. The van der Waals surface area contributed by atoms with Gasteiger partial charge in [-0.1, -0.05) is 6.07 Å². The maximum absolute atomic E-state index is 12.9. The molecule has 1 aromatic carbocycles. The second kappa shape index (κ2) is 8.96. The minimum absolute atomic E-state index is 0. The maximum atomic E-state index is 12.9. The summed E-state index contributed by atoms with van der Waals surface area (Å²) >= 11 is 0. The van der Waals surface area contributed by atoms with E-state index in [4.69, 9.17) is 4.74 Å². The summed E-state index contributed by atoms with van der Waals surface area (Å²) in [4.78, 5) is 3.98. The highest BCUT2D eigenvalue weighted by Gasteiger charge is 2.05. The van der Waals surface area contributed by atoms with Gasteiger partial charge in [-0.15, -0.1) is 24.0 Å². The van der Waals surface area contributed by atoms with Crippen LogP contribution in [-0.2, 0) is 0 Å². The van der Waals surface area contributed by atoms with E-state index in [0.29, 0.717) is 18.3 Å². The molecule has 4 nitrogen and oxygen atoms in total. The lowest BCUT2D eigenvalue weighted by Crippen LogP contribution is -2.40. The molecule has 0 radical (unpaired) electrons. The van der Waals surface area contributed by atoms with Crippen LogP contribution in [0, 0.1) is 5.82 Å². The molecular weight excluding hydrogens is 348 g/mol. The van der Waals surface area contributed by atoms with E-state index in [1.54, 1.807) is 26.2 Å². The Labute approximate surface area is 124 Å². The average Bonchev–Trinajstić information content (AvgIpc) is 2.30. The first kappa shape index (κ1) is 16.9. The molecule has 0 fully saturated rings. The molecule has 0 aliphatic heterocycles. The Morgan fingerprint density at radius 1 is 1.50 bits per heavy atom. The van der Waals surface area contributed by atoms with Crippen LogP contribution in [0.1, 0.15) is 6.92 Å². The highest BCUT2D eigenvalue weighted by molar-refractivity contribution is 14.0. The third kappa shape index (κ3) is 6.04. The highest BCUT2D eigenvalue weighted by Crippen LogP contribution is 2.13. The Hall–Kier alpha value is -1.05. The number of aliphatic imine (C=N–C) groups is 1. The van der Waals surface area contributed by atoms with E-state index >= 15 is 0 Å². The van der Waals surface area contributed by atoms with Crippen molar-refractivity contribution in [3.05, 3.63) is 30.1 Å². The number of hydrogen-bond acceptors (Lipinski definition) is 2. The van der Waals surface area contributed by atoms with Gasteiger partial charge in [-0.3, -0.25) is 4.99 Å². The van der Waals surface area contributed by atoms with E-state index < -0.39 is 0 Å². The second-order valence-corrected chi connectivity index (χ2v) is 3.59. The van der Waals surface area contributed by atoms with Crippen LogP contribution in [0.3, 0.4) is 0 Å². The Balaban J connectivity index is 0.00000289. The van der Waals surface area contributed by atoms with Gasteiger partial charge in [0.15, 0.2) is 5.96 Å². The standard InChI is InChI=1S/C12H18FN3O.HI/c1-9(8-16-12(14-2)15-3)17-11-6-4-5-10(13)7-11;/h4-7,9H,8H2,1-3H3,(H2,14,15,16);1H. The fourth-order valence-electron chi connectivity index (χ4n) is 1.33. The summed E-state index contributed by atoms with van der Waals surface area (Å²) in [5, 5.41) is 5.98. The van der Waals surface area contributed by atoms with Gasteiger partial charge >= 0.3 is 0 Å². The fraction of sp³-hybridized carbons (Fsp3) is 0.417. The minimum Gasteiger partial charge on any atom is -0.489 e. The third-order valence-electron chi connectivity index (χ3n) is 2.15. The lowest BCUT2D eigenvalue weighted by molar-refractivity contribution is 0.223. The number of benzene rings is 1. The molecule has 0 aliphatic rings. The van der Waals surface area contributed by atoms with Crippen LogP contribution in [0.5, 0.6) is 5.75 Å². The van der Waals surface area contributed by atoms with Gasteiger partial charge in [0.05, 0.1) is 6.54 Å². The minimum atomic E-state index is -0.298. The molecular formula is C12H19FIN3O. The lowest BCUT2D eigenvalue weighted by atomic mass is 10.3. The molecule has 1 rings (SSSR count). The predicted molar refractivity (Wildman–Crippen MR) is 82.3 cm³/mol. The van der Waals surface area contributed by atoms with E-state index in [2.05, 4.69) is 15.6 Å². The summed E-state index contributed by atoms with van der Waals surface area (Å²) in [6, 6.07) is 6.10. The van der Waals surface area contributed by atoms with Crippen molar-refractivity contribution in [1.29, 1.82) is 0 Å². The number of nitrogens with one attached hydrogen (secondary N) is 2. The van der Waals surface area contributed by atoms with Gasteiger partial charge in [0, 0.05) is 20.2 Å². The summed E-state index contributed by atoms with van der Waals surface area (Å²) in [5.74, 6) is 0.923. The van der Waals surface area contributed by atoms with Crippen LogP contribution in [0.15, 0.2) is 29.3 Å². The second-order valence-electron chi connectivity index (χ2n) is 3.59. The van der Waals surface area contributed by atoms with E-state index in [0.717, 1.165) is 0 Å². The Morgan fingerprint density at radius 3 is 2.78 bits per heavy atom. The molecule has 0 saturated heterocycles. The Kier molecular flexibility index (Phi) is 8.43. The first-order valence-corrected chi connectivity index (χ1v) is 5.46. The molecule has 0 heterocycles. The van der Waals surface area contributed by atoms with Crippen LogP contribution in [-0.4, -0.2) is 32.7 Å². The van der Waals surface area contributed by atoms with Crippen molar-refractivity contribution in [1.82, 2.24) is 10.6 Å². The smallest absolute Gasteiger partial charge is 0.190 e. The number of hydrogen-bond donors (Lipinski definition) is 2. The molecule has 0 aliphatic carbocycles. The summed E-state index contributed by atoms with van der Waals surface area (Å²) in [7, 11) is 3.48. The molecule has 6 heteroatoms. The molecule has 0 aromatic heterocycles. The molecule has 0 amide bonds. The van der Waals surface area contributed by atoms with Crippen LogP contribution < -0.4 is 15.4 Å². The van der Waals surface area contributed by atoms with Crippen molar-refractivity contribution < 1.29 is 9.13 Å². The van der Waals surface area contributed by atoms with Crippen molar-refractivity contribution in [2.75, 3.05) is 20.6 Å². The van der Waals surface area contributed by atoms with Crippen molar-refractivity contribution in [3.8, 4) is 5.75 Å². The summed E-state index contributed by atoms with van der Waals surface area (Å²) in [6.07, 6.45) is -0.0816. The van der Waals surface area contributed by atoms with E-state index in [1.807, 2.05) is 6.92 Å². The lowest BCUT2D eigenvalue weighted by Gasteiger charge is -2.16. The van der Waals surface area contributed by atoms with Crippen LogP contribution in [0.4, 0.5) is 4.39 Å². The summed E-state index contributed by atoms with van der Waals surface area (Å²) < 4.78 is 18.5. The van der Waals surface area contributed by atoms with Gasteiger partial charge in [-0.2, -0.15) is 0 Å². The Morgan fingerprint density at radius 2 is 2.22 bits per heavy atom. The van der Waals surface area contributed by atoms with Crippen LogP contribution in [0.2, 0.25) is 0 Å². The van der Waals surface area contributed by atoms with Crippen molar-refractivity contribution in [2.24, 2.45) is 4.99 Å². The first-order valence-electron chi connectivity index (χ1n) is 5.46. The van der Waals surface area contributed by atoms with Gasteiger partial charge in [0.2, 0.25) is 0 Å². The van der Waals surface area contributed by atoms with Crippen molar-refractivity contribution in [2.45, 2.75) is 13.0 Å². The number of rotatable bonds is 4. The van der Waals surface area contributed by atoms with Gasteiger partial charge in [-0.25, -0.2) is 4.39 Å². The SMILES string of the molecule is CN=C(NC)NCC(C)Oc1cccc(F)c1.I. The van der Waals surface area contributed by atoms with E-state index in [1.165, 1.54) is 12.1 Å². The molecule has 102 valence electrons. The molecule has 0 spiro atoms. The topological polar surface area (TPSA) is 45.7 Å². The molecule has 18 heavy (non-hydrogen) atoms. The zero-order valence-corrected chi connectivity index (χ0v) is 13.1. The monoisotopic (exact) mass is 367 g/mol. The number of nitrogens with zero attached hydrogens (tertiary/aromatic N) is 1. The predicted octanol–water partition coefficient (Wildman–Crippen LogP) is 2.01. The maximum Gasteiger partial charge on any atom is 0.190 e. The first-order chi connectivity index (χ1) is 8.15. The van der Waals surface area contributed by atoms with Crippen LogP contribution >= 0.6 is 24.0 Å². The van der Waals surface area contributed by atoms with Crippen molar-refractivity contribution in [3.63, 3.8) is 0 Å². The molecule has 1 unspecified atom stereocenters. The summed E-state index contributed by atoms with van der Waals surface area (Å²) in [6.45, 7) is 2.49. The van der Waals surface area contributed by atoms with E-state index in [-0.39, 0.29) is 35.9 Å². The zero-order chi connectivity index (χ0) is 12.7. The largest absolute Gasteiger partial charge is 0.489 e. The summed E-state index contributed by atoms with van der Waals surface area (Å²) in [5.41, 5.74) is 0.